The second-order valence-electron chi connectivity index (χ2n) is 7.92. The van der Waals surface area contributed by atoms with Crippen molar-refractivity contribution in [2.24, 2.45) is 0 Å². The highest BCUT2D eigenvalue weighted by Crippen LogP contribution is 2.35. The van der Waals surface area contributed by atoms with E-state index < -0.39 is 6.10 Å². The zero-order chi connectivity index (χ0) is 23.9. The second kappa shape index (κ2) is 10.7. The van der Waals surface area contributed by atoms with Gasteiger partial charge in [-0.1, -0.05) is 48.5 Å². The minimum Gasteiger partial charge on any atom is -0.496 e. The van der Waals surface area contributed by atoms with Gasteiger partial charge in [0.2, 0.25) is 5.91 Å². The summed E-state index contributed by atoms with van der Waals surface area (Å²) in [6.45, 7) is 0.530. The molecular formula is C27H28N2O5. The molecule has 7 nitrogen and oxygen atoms in total. The number of nitrogens with zero attached hydrogens (tertiary/aromatic N) is 1. The van der Waals surface area contributed by atoms with Crippen LogP contribution >= 0.6 is 0 Å². The van der Waals surface area contributed by atoms with Crippen molar-refractivity contribution in [1.82, 2.24) is 5.32 Å². The van der Waals surface area contributed by atoms with Crippen molar-refractivity contribution in [2.45, 2.75) is 25.5 Å². The van der Waals surface area contributed by atoms with Crippen LogP contribution in [0.5, 0.6) is 17.2 Å². The van der Waals surface area contributed by atoms with Crippen LogP contribution in [0, 0.1) is 0 Å². The number of methoxy groups -OCH3 is 2. The molecule has 0 radical (unpaired) electrons. The lowest BCUT2D eigenvalue weighted by atomic mass is 10.1. The Bertz CT molecular complexity index is 1130. The van der Waals surface area contributed by atoms with Crippen LogP contribution in [-0.4, -0.2) is 38.7 Å². The molecule has 1 aliphatic heterocycles. The van der Waals surface area contributed by atoms with Crippen LogP contribution in [0.25, 0.3) is 0 Å². The van der Waals surface area contributed by atoms with Crippen LogP contribution in [-0.2, 0) is 22.6 Å². The lowest BCUT2D eigenvalue weighted by Gasteiger charge is -2.34. The molecule has 0 saturated heterocycles. The van der Waals surface area contributed by atoms with Gasteiger partial charge >= 0.3 is 0 Å². The Hall–Kier alpha value is -4.00. The van der Waals surface area contributed by atoms with E-state index in [2.05, 4.69) is 5.32 Å². The lowest BCUT2D eigenvalue weighted by molar-refractivity contribution is -0.128. The molecule has 2 amide bonds. The van der Waals surface area contributed by atoms with Gasteiger partial charge < -0.3 is 24.4 Å². The van der Waals surface area contributed by atoms with Gasteiger partial charge in [-0.05, 0) is 36.2 Å². The summed E-state index contributed by atoms with van der Waals surface area (Å²) in [4.78, 5) is 27.9. The van der Waals surface area contributed by atoms with E-state index in [4.69, 9.17) is 14.2 Å². The fourth-order valence-corrected chi connectivity index (χ4v) is 4.05. The third-order valence-corrected chi connectivity index (χ3v) is 5.80. The summed E-state index contributed by atoms with van der Waals surface area (Å²) in [7, 11) is 3.19. The molecule has 3 aromatic rings. The van der Waals surface area contributed by atoms with E-state index in [1.165, 1.54) is 0 Å². The number of anilines is 1. The van der Waals surface area contributed by atoms with Crippen molar-refractivity contribution in [3.05, 3.63) is 83.9 Å². The molecule has 1 heterocycles. The number of benzene rings is 3. The zero-order valence-electron chi connectivity index (χ0n) is 19.3. The Morgan fingerprint density at radius 3 is 2.32 bits per heavy atom. The molecule has 0 fully saturated rings. The van der Waals surface area contributed by atoms with E-state index in [0.717, 1.165) is 11.1 Å². The van der Waals surface area contributed by atoms with Gasteiger partial charge in [-0.2, -0.15) is 0 Å². The maximum absolute atomic E-state index is 13.3. The molecule has 1 N–H and O–H groups in total. The van der Waals surface area contributed by atoms with E-state index in [9.17, 15) is 9.59 Å². The zero-order valence-corrected chi connectivity index (χ0v) is 19.3. The molecule has 0 bridgehead atoms. The number of rotatable bonds is 8. The summed E-state index contributed by atoms with van der Waals surface area (Å²) in [5.74, 6) is 1.49. The average Bonchev–Trinajstić information content (AvgIpc) is 2.89. The fourth-order valence-electron chi connectivity index (χ4n) is 4.05. The first-order valence-corrected chi connectivity index (χ1v) is 11.2. The molecule has 0 saturated carbocycles. The quantitative estimate of drug-likeness (QED) is 0.554. The van der Waals surface area contributed by atoms with E-state index in [1.54, 1.807) is 25.2 Å². The maximum Gasteiger partial charge on any atom is 0.263 e. The molecule has 0 aliphatic carbocycles. The Balaban J connectivity index is 1.48. The summed E-state index contributed by atoms with van der Waals surface area (Å²) < 4.78 is 16.9. The largest absolute Gasteiger partial charge is 0.496 e. The van der Waals surface area contributed by atoms with Crippen molar-refractivity contribution in [1.29, 1.82) is 0 Å². The van der Waals surface area contributed by atoms with Crippen molar-refractivity contribution in [2.75, 3.05) is 25.7 Å². The number of nitrogens with one attached hydrogen (secondary N) is 1. The third kappa shape index (κ3) is 5.14. The SMILES string of the molecule is COc1cccc(OC)c1CCC(=O)N1CC(C(=O)NCc2ccccc2)Oc2ccccc21. The van der Waals surface area contributed by atoms with E-state index in [0.29, 0.717) is 35.9 Å². The van der Waals surface area contributed by atoms with Crippen LogP contribution in [0.4, 0.5) is 5.69 Å². The van der Waals surface area contributed by atoms with Gasteiger partial charge in [-0.3, -0.25) is 9.59 Å². The average molecular weight is 461 g/mol. The van der Waals surface area contributed by atoms with Crippen molar-refractivity contribution in [3.63, 3.8) is 0 Å². The van der Waals surface area contributed by atoms with E-state index in [-0.39, 0.29) is 24.8 Å². The number of hydrogen-bond donors (Lipinski definition) is 1. The normalized spacial score (nSPS) is 14.5. The minimum atomic E-state index is -0.802. The van der Waals surface area contributed by atoms with Gasteiger partial charge in [-0.25, -0.2) is 0 Å². The molecule has 0 aromatic heterocycles. The van der Waals surface area contributed by atoms with Crippen LogP contribution in [0.1, 0.15) is 17.5 Å². The van der Waals surface area contributed by atoms with Gasteiger partial charge in [0.15, 0.2) is 6.10 Å². The number of ether oxygens (including phenoxy) is 3. The monoisotopic (exact) mass is 460 g/mol. The lowest BCUT2D eigenvalue weighted by Crippen LogP contribution is -2.50. The van der Waals surface area contributed by atoms with Gasteiger partial charge in [0.25, 0.3) is 5.91 Å². The maximum atomic E-state index is 13.3. The summed E-state index contributed by atoms with van der Waals surface area (Å²) in [6, 6.07) is 22.5. The van der Waals surface area contributed by atoms with E-state index in [1.807, 2.05) is 66.7 Å². The highest BCUT2D eigenvalue weighted by molar-refractivity contribution is 5.97. The highest BCUT2D eigenvalue weighted by atomic mass is 16.5. The summed E-state index contributed by atoms with van der Waals surface area (Å²) in [5, 5.41) is 2.91. The molecule has 176 valence electrons. The Morgan fingerprint density at radius 1 is 0.941 bits per heavy atom. The van der Waals surface area contributed by atoms with Crippen LogP contribution < -0.4 is 24.4 Å². The van der Waals surface area contributed by atoms with Gasteiger partial charge in [-0.15, -0.1) is 0 Å². The third-order valence-electron chi connectivity index (χ3n) is 5.80. The Labute approximate surface area is 199 Å². The van der Waals surface area contributed by atoms with Crippen LogP contribution in [0.2, 0.25) is 0 Å². The van der Waals surface area contributed by atoms with Crippen LogP contribution in [0.15, 0.2) is 72.8 Å². The molecule has 7 heteroatoms. The predicted molar refractivity (Wildman–Crippen MR) is 129 cm³/mol. The molecule has 3 aromatic carbocycles. The fraction of sp³-hybridized carbons (Fsp3) is 0.259. The van der Waals surface area contributed by atoms with Crippen LogP contribution in [0.3, 0.4) is 0 Å². The molecule has 34 heavy (non-hydrogen) atoms. The summed E-state index contributed by atoms with van der Waals surface area (Å²) >= 11 is 0. The molecule has 4 rings (SSSR count). The van der Waals surface area contributed by atoms with Gasteiger partial charge in [0.1, 0.15) is 17.2 Å². The van der Waals surface area contributed by atoms with E-state index >= 15 is 0 Å². The smallest absolute Gasteiger partial charge is 0.263 e. The summed E-state index contributed by atoms with van der Waals surface area (Å²) in [5.41, 5.74) is 2.48. The predicted octanol–water partition coefficient (Wildman–Crippen LogP) is 3.75. The molecule has 1 atom stereocenters. The minimum absolute atomic E-state index is 0.107. The highest BCUT2D eigenvalue weighted by Gasteiger charge is 2.33. The molecule has 0 spiro atoms. The number of hydrogen-bond acceptors (Lipinski definition) is 5. The number of carbonyl (C=O) groups excluding carboxylic acids is 2. The summed E-state index contributed by atoms with van der Waals surface area (Å²) in [6.07, 6.45) is -0.136. The van der Waals surface area contributed by atoms with Crippen molar-refractivity contribution >= 4 is 17.5 Å². The number of fused-ring (bicyclic) bond motifs is 1. The number of carbonyl (C=O) groups is 2. The van der Waals surface area contributed by atoms with Crippen molar-refractivity contribution < 1.29 is 23.8 Å². The molecule has 1 aliphatic rings. The molecule has 1 unspecified atom stereocenters. The number of para-hydroxylation sites is 2. The first kappa shape index (κ1) is 23.2. The van der Waals surface area contributed by atoms with Crippen molar-refractivity contribution in [3.8, 4) is 17.2 Å². The first-order valence-electron chi connectivity index (χ1n) is 11.2. The standard InChI is InChI=1S/C27H28N2O5/c1-32-22-13-8-14-23(33-2)20(22)15-16-26(30)29-18-25(34-24-12-7-6-11-21(24)29)27(31)28-17-19-9-4-3-5-10-19/h3-14,25H,15-18H2,1-2H3,(H,28,31). The Morgan fingerprint density at radius 2 is 1.62 bits per heavy atom. The first-order chi connectivity index (χ1) is 16.6. The second-order valence-corrected chi connectivity index (χ2v) is 7.92. The molecular weight excluding hydrogens is 432 g/mol. The topological polar surface area (TPSA) is 77.1 Å². The van der Waals surface area contributed by atoms with Gasteiger partial charge in [0.05, 0.1) is 26.5 Å². The van der Waals surface area contributed by atoms with Gasteiger partial charge in [0, 0.05) is 18.5 Å². The number of amides is 2. The Kier molecular flexibility index (Phi) is 7.32.